The summed E-state index contributed by atoms with van der Waals surface area (Å²) in [5.74, 6) is 0.0170. The van der Waals surface area contributed by atoms with E-state index in [1.54, 1.807) is 48.5 Å². The van der Waals surface area contributed by atoms with E-state index in [9.17, 15) is 4.79 Å². The smallest absolute Gasteiger partial charge is 0.257 e. The van der Waals surface area contributed by atoms with Crippen LogP contribution in [-0.4, -0.2) is 16.0 Å². The molecule has 0 bridgehead atoms. The Hall–Kier alpha value is -2.64. The van der Waals surface area contributed by atoms with Crippen molar-refractivity contribution < 1.29 is 9.21 Å². The second-order valence-electron chi connectivity index (χ2n) is 6.25. The fraction of sp³-hybridized carbons (Fsp3) is 0. The topological polar surface area (TPSA) is 67.2 Å². The molecule has 0 saturated heterocycles. The predicted molar refractivity (Wildman–Crippen MR) is 125 cm³/mol. The van der Waals surface area contributed by atoms with Crippen LogP contribution in [0.3, 0.4) is 0 Å². The Bertz CT molecular complexity index is 1290. The number of oxazole rings is 1. The lowest BCUT2D eigenvalue weighted by Gasteiger charge is -2.10. The van der Waals surface area contributed by atoms with Crippen molar-refractivity contribution in [2.75, 3.05) is 5.32 Å². The zero-order chi connectivity index (χ0) is 21.3. The maximum Gasteiger partial charge on any atom is 0.257 e. The van der Waals surface area contributed by atoms with Gasteiger partial charge in [-0.15, -0.1) is 0 Å². The van der Waals surface area contributed by atoms with Crippen LogP contribution >= 0.6 is 47.0 Å². The molecular formula is C21H12Cl3N3O2S. The number of anilines is 1. The Morgan fingerprint density at radius 3 is 2.57 bits per heavy atom. The van der Waals surface area contributed by atoms with E-state index < -0.39 is 0 Å². The highest BCUT2D eigenvalue weighted by molar-refractivity contribution is 7.80. The Morgan fingerprint density at radius 2 is 1.77 bits per heavy atom. The first-order chi connectivity index (χ1) is 14.4. The first-order valence-electron chi connectivity index (χ1n) is 8.63. The lowest BCUT2D eigenvalue weighted by Crippen LogP contribution is -2.34. The first kappa shape index (κ1) is 20.6. The fourth-order valence-electron chi connectivity index (χ4n) is 2.78. The van der Waals surface area contributed by atoms with Crippen molar-refractivity contribution in [2.45, 2.75) is 0 Å². The van der Waals surface area contributed by atoms with Gasteiger partial charge in [-0.3, -0.25) is 10.1 Å². The molecule has 0 spiro atoms. The molecule has 150 valence electrons. The monoisotopic (exact) mass is 475 g/mol. The van der Waals surface area contributed by atoms with Crippen LogP contribution in [0.1, 0.15) is 10.4 Å². The van der Waals surface area contributed by atoms with E-state index >= 15 is 0 Å². The molecule has 0 aliphatic heterocycles. The van der Waals surface area contributed by atoms with Crippen LogP contribution < -0.4 is 10.6 Å². The van der Waals surface area contributed by atoms with Crippen molar-refractivity contribution in [2.24, 2.45) is 0 Å². The summed E-state index contributed by atoms with van der Waals surface area (Å²) in [4.78, 5) is 16.7. The molecule has 0 aliphatic rings. The van der Waals surface area contributed by atoms with E-state index in [4.69, 9.17) is 51.4 Å². The molecule has 30 heavy (non-hydrogen) atoms. The summed E-state index contributed by atoms with van der Waals surface area (Å²) >= 11 is 23.4. The average molecular weight is 477 g/mol. The predicted octanol–water partition coefficient (Wildman–Crippen LogP) is 6.58. The largest absolute Gasteiger partial charge is 0.435 e. The molecule has 9 heteroatoms. The van der Waals surface area contributed by atoms with Crippen molar-refractivity contribution in [3.05, 3.63) is 81.3 Å². The van der Waals surface area contributed by atoms with Crippen LogP contribution in [0, 0.1) is 0 Å². The van der Waals surface area contributed by atoms with Gasteiger partial charge in [-0.05, 0) is 60.7 Å². The molecule has 4 aromatic rings. The minimum absolute atomic E-state index is 0.143. The molecule has 3 aromatic carbocycles. The summed E-state index contributed by atoms with van der Waals surface area (Å²) in [7, 11) is 0. The number of rotatable bonds is 3. The third kappa shape index (κ3) is 4.57. The number of fused-ring (bicyclic) bond motifs is 1. The van der Waals surface area contributed by atoms with Gasteiger partial charge in [0.2, 0.25) is 5.89 Å². The third-order valence-corrected chi connectivity index (χ3v) is 5.03. The van der Waals surface area contributed by atoms with Gasteiger partial charge in [0.25, 0.3) is 5.91 Å². The van der Waals surface area contributed by atoms with E-state index in [1.807, 2.05) is 12.1 Å². The van der Waals surface area contributed by atoms with Gasteiger partial charge in [0, 0.05) is 26.9 Å². The normalized spacial score (nSPS) is 10.8. The van der Waals surface area contributed by atoms with Crippen molar-refractivity contribution in [3.63, 3.8) is 0 Å². The number of aromatic nitrogens is 1. The molecule has 0 fully saturated rings. The summed E-state index contributed by atoms with van der Waals surface area (Å²) < 4.78 is 5.79. The molecular weight excluding hydrogens is 465 g/mol. The molecule has 1 heterocycles. The molecule has 5 nitrogen and oxygen atoms in total. The highest BCUT2D eigenvalue weighted by Crippen LogP contribution is 2.32. The maximum absolute atomic E-state index is 12.3. The van der Waals surface area contributed by atoms with Crippen LogP contribution in [0.15, 0.2) is 65.1 Å². The van der Waals surface area contributed by atoms with Gasteiger partial charge in [-0.2, -0.15) is 0 Å². The number of benzene rings is 3. The van der Waals surface area contributed by atoms with E-state index in [0.717, 1.165) is 0 Å². The molecule has 2 N–H and O–H groups in total. The van der Waals surface area contributed by atoms with Crippen LogP contribution in [0.4, 0.5) is 5.69 Å². The molecule has 0 saturated carbocycles. The van der Waals surface area contributed by atoms with Gasteiger partial charge in [0.15, 0.2) is 10.7 Å². The van der Waals surface area contributed by atoms with Crippen molar-refractivity contribution in [1.29, 1.82) is 0 Å². The second kappa shape index (κ2) is 8.62. The first-order valence-corrected chi connectivity index (χ1v) is 10.2. The van der Waals surface area contributed by atoms with Crippen molar-refractivity contribution >= 4 is 74.8 Å². The Morgan fingerprint density at radius 1 is 0.967 bits per heavy atom. The molecule has 0 unspecified atom stereocenters. The van der Waals surface area contributed by atoms with Crippen molar-refractivity contribution in [1.82, 2.24) is 10.3 Å². The number of thiocarbonyl (C=S) groups is 1. The number of nitrogens with one attached hydrogen (secondary N) is 2. The van der Waals surface area contributed by atoms with E-state index in [1.165, 1.54) is 0 Å². The second-order valence-corrected chi connectivity index (χ2v) is 7.94. The van der Waals surface area contributed by atoms with Gasteiger partial charge in [0.05, 0.1) is 5.02 Å². The van der Waals surface area contributed by atoms with Crippen LogP contribution in [0.25, 0.3) is 22.6 Å². The molecule has 0 radical (unpaired) electrons. The Balaban J connectivity index is 1.51. The standard InChI is InChI=1S/C21H12Cl3N3O2S/c22-13-5-1-3-11(7-13)19(28)27-21(30)25-15-6-2-4-12(8-15)20-26-17-10-14(23)9-16(24)18(17)29-20/h1-10H,(H2,25,27,28,30). The zero-order valence-corrected chi connectivity index (χ0v) is 18.2. The molecule has 4 rings (SSSR count). The molecule has 0 aliphatic carbocycles. The number of hydrogen-bond donors (Lipinski definition) is 2. The fourth-order valence-corrected chi connectivity index (χ4v) is 3.70. The Kier molecular flexibility index (Phi) is 5.92. The number of hydrogen-bond acceptors (Lipinski definition) is 4. The molecule has 0 atom stereocenters. The lowest BCUT2D eigenvalue weighted by atomic mass is 10.2. The highest BCUT2D eigenvalue weighted by atomic mass is 35.5. The number of halogens is 3. The number of carbonyl (C=O) groups is 1. The lowest BCUT2D eigenvalue weighted by molar-refractivity contribution is 0.0977. The quantitative estimate of drug-likeness (QED) is 0.327. The molecule has 1 aromatic heterocycles. The maximum atomic E-state index is 12.3. The van der Waals surface area contributed by atoms with Crippen molar-refractivity contribution in [3.8, 4) is 11.5 Å². The Labute approximate surface area is 192 Å². The van der Waals surface area contributed by atoms with Gasteiger partial charge in [0.1, 0.15) is 5.52 Å². The number of nitrogens with zero attached hydrogens (tertiary/aromatic N) is 1. The average Bonchev–Trinajstić information content (AvgIpc) is 3.12. The molecule has 1 amide bonds. The summed E-state index contributed by atoms with van der Waals surface area (Å²) in [6.45, 7) is 0. The van der Waals surface area contributed by atoms with Gasteiger partial charge in [-0.1, -0.05) is 46.9 Å². The van der Waals surface area contributed by atoms with E-state index in [0.29, 0.717) is 48.9 Å². The summed E-state index contributed by atoms with van der Waals surface area (Å²) in [6, 6.07) is 17.1. The van der Waals surface area contributed by atoms with Crippen LogP contribution in [0.2, 0.25) is 15.1 Å². The summed E-state index contributed by atoms with van der Waals surface area (Å²) in [5, 5.41) is 7.06. The van der Waals surface area contributed by atoms with Crippen LogP contribution in [-0.2, 0) is 0 Å². The number of amides is 1. The van der Waals surface area contributed by atoms with E-state index in [-0.39, 0.29) is 11.0 Å². The van der Waals surface area contributed by atoms with Gasteiger partial charge in [-0.25, -0.2) is 4.98 Å². The van der Waals surface area contributed by atoms with Crippen LogP contribution in [0.5, 0.6) is 0 Å². The highest BCUT2D eigenvalue weighted by Gasteiger charge is 2.13. The minimum atomic E-state index is -0.364. The zero-order valence-electron chi connectivity index (χ0n) is 15.1. The number of carbonyl (C=O) groups excluding carboxylic acids is 1. The minimum Gasteiger partial charge on any atom is -0.435 e. The summed E-state index contributed by atoms with van der Waals surface area (Å²) in [5.41, 5.74) is 2.77. The van der Waals surface area contributed by atoms with Gasteiger partial charge < -0.3 is 9.73 Å². The van der Waals surface area contributed by atoms with E-state index in [2.05, 4.69) is 15.6 Å². The SMILES string of the molecule is O=C(NC(=S)Nc1cccc(-c2nc3cc(Cl)cc(Cl)c3o2)c1)c1cccc(Cl)c1. The van der Waals surface area contributed by atoms with Gasteiger partial charge >= 0.3 is 0 Å². The third-order valence-electron chi connectivity index (χ3n) is 4.09. The summed E-state index contributed by atoms with van der Waals surface area (Å²) in [6.07, 6.45) is 0.